The molecule has 0 fully saturated rings. The average molecular weight is 589 g/mol. The molecule has 0 bridgehead atoms. The molecule has 8 nitrogen and oxygen atoms in total. The summed E-state index contributed by atoms with van der Waals surface area (Å²) in [6.45, 7) is 2.38. The van der Waals surface area contributed by atoms with Gasteiger partial charge in [-0.3, -0.25) is 0 Å². The van der Waals surface area contributed by atoms with E-state index in [1.54, 1.807) is 24.3 Å². The van der Waals surface area contributed by atoms with Crippen LogP contribution in [0.1, 0.15) is 34.9 Å². The van der Waals surface area contributed by atoms with Crippen molar-refractivity contribution in [1.82, 2.24) is 9.97 Å². The van der Waals surface area contributed by atoms with Crippen LogP contribution in [0.3, 0.4) is 0 Å². The van der Waals surface area contributed by atoms with Crippen LogP contribution >= 0.6 is 0 Å². The Morgan fingerprint density at radius 2 is 1.55 bits per heavy atom. The van der Waals surface area contributed by atoms with Crippen LogP contribution in [0.5, 0.6) is 11.5 Å². The number of aliphatic carboxylic acids is 1. The molecule has 1 atom stereocenters. The van der Waals surface area contributed by atoms with E-state index in [1.165, 1.54) is 0 Å². The molecule has 0 saturated carbocycles. The number of benzene rings is 4. The van der Waals surface area contributed by atoms with Crippen LogP contribution in [0.4, 0.5) is 0 Å². The maximum absolute atomic E-state index is 12.0. The van der Waals surface area contributed by atoms with Crippen molar-refractivity contribution in [2.24, 2.45) is 0 Å². The lowest BCUT2D eigenvalue weighted by molar-refractivity contribution is -0.145. The lowest BCUT2D eigenvalue weighted by Crippen LogP contribution is -2.29. The maximum Gasteiger partial charge on any atom is 0.345 e. The molecular formula is C36H32N2O6. The van der Waals surface area contributed by atoms with Crippen molar-refractivity contribution >= 4 is 17.1 Å². The summed E-state index contributed by atoms with van der Waals surface area (Å²) < 4.78 is 23.5. The minimum atomic E-state index is -1.07. The summed E-state index contributed by atoms with van der Waals surface area (Å²) in [6, 6.07) is 32.2. The first-order valence-corrected chi connectivity index (χ1v) is 14.6. The molecule has 4 aromatic carbocycles. The van der Waals surface area contributed by atoms with Crippen LogP contribution in [0, 0.1) is 6.92 Å². The third-order valence-corrected chi connectivity index (χ3v) is 7.26. The first-order chi connectivity index (χ1) is 21.5. The quantitative estimate of drug-likeness (QED) is 0.147. The molecule has 1 N–H and O–H groups in total. The van der Waals surface area contributed by atoms with Gasteiger partial charge in [0.15, 0.2) is 17.6 Å². The van der Waals surface area contributed by atoms with Crippen LogP contribution in [0.15, 0.2) is 112 Å². The Kier molecular flexibility index (Phi) is 8.68. The molecule has 6 aromatic rings. The van der Waals surface area contributed by atoms with E-state index >= 15 is 0 Å². The minimum absolute atomic E-state index is 0.176. The van der Waals surface area contributed by atoms with E-state index in [-0.39, 0.29) is 6.42 Å². The fraction of sp³-hybridized carbons (Fsp3) is 0.194. The van der Waals surface area contributed by atoms with Gasteiger partial charge in [0, 0.05) is 18.4 Å². The van der Waals surface area contributed by atoms with Gasteiger partial charge in [0.1, 0.15) is 29.4 Å². The molecule has 0 saturated heterocycles. The number of aryl methyl sites for hydroxylation is 3. The van der Waals surface area contributed by atoms with Gasteiger partial charge in [0.05, 0.1) is 5.69 Å². The number of aromatic nitrogens is 2. The van der Waals surface area contributed by atoms with E-state index in [9.17, 15) is 9.90 Å². The number of fused-ring (bicyclic) bond motifs is 1. The number of hydrogen-bond donors (Lipinski definition) is 1. The SMILES string of the molecule is Cc1oc(-c2ccccc2)nc1CCCc1nc2cc(C[C@@H](Oc3ccc(OCc4ccccc4)cc3)C(=O)O)ccc2o1. The van der Waals surface area contributed by atoms with Gasteiger partial charge in [0.25, 0.3) is 0 Å². The summed E-state index contributed by atoms with van der Waals surface area (Å²) in [5.41, 5.74) is 5.08. The Hall–Kier alpha value is -5.37. The predicted molar refractivity (Wildman–Crippen MR) is 166 cm³/mol. The first kappa shape index (κ1) is 28.7. The number of ether oxygens (including phenoxy) is 2. The highest BCUT2D eigenvalue weighted by Gasteiger charge is 2.21. The zero-order valence-corrected chi connectivity index (χ0v) is 24.3. The molecule has 0 amide bonds. The van der Waals surface area contributed by atoms with Gasteiger partial charge in [-0.25, -0.2) is 14.8 Å². The topological polar surface area (TPSA) is 108 Å². The summed E-state index contributed by atoms with van der Waals surface area (Å²) in [5.74, 6) is 2.15. The number of oxazole rings is 2. The Balaban J connectivity index is 1.04. The molecule has 2 heterocycles. The van der Waals surface area contributed by atoms with Crippen molar-refractivity contribution < 1.29 is 28.2 Å². The molecule has 0 radical (unpaired) electrons. The lowest BCUT2D eigenvalue weighted by Gasteiger charge is -2.16. The molecule has 6 rings (SSSR count). The van der Waals surface area contributed by atoms with Crippen LogP contribution in [-0.4, -0.2) is 27.1 Å². The van der Waals surface area contributed by atoms with Gasteiger partial charge in [-0.2, -0.15) is 0 Å². The lowest BCUT2D eigenvalue weighted by atomic mass is 10.1. The third kappa shape index (κ3) is 7.15. The minimum Gasteiger partial charge on any atom is -0.489 e. The average Bonchev–Trinajstić information content (AvgIpc) is 3.63. The monoisotopic (exact) mass is 588 g/mol. The van der Waals surface area contributed by atoms with Crippen LogP contribution in [0.2, 0.25) is 0 Å². The Morgan fingerprint density at radius 1 is 0.818 bits per heavy atom. The van der Waals surface area contributed by atoms with Gasteiger partial charge in [-0.1, -0.05) is 54.6 Å². The highest BCUT2D eigenvalue weighted by molar-refractivity contribution is 5.75. The summed E-state index contributed by atoms with van der Waals surface area (Å²) in [7, 11) is 0. The van der Waals surface area contributed by atoms with Crippen molar-refractivity contribution in [3.63, 3.8) is 0 Å². The zero-order chi connectivity index (χ0) is 30.3. The molecular weight excluding hydrogens is 556 g/mol. The van der Waals surface area contributed by atoms with Gasteiger partial charge in [-0.15, -0.1) is 0 Å². The molecule has 44 heavy (non-hydrogen) atoms. The zero-order valence-electron chi connectivity index (χ0n) is 24.3. The molecule has 222 valence electrons. The van der Waals surface area contributed by atoms with Crippen LogP contribution in [-0.2, 0) is 30.7 Å². The van der Waals surface area contributed by atoms with Crippen molar-refractivity contribution in [3.05, 3.63) is 132 Å². The highest BCUT2D eigenvalue weighted by Crippen LogP contribution is 2.25. The summed E-state index contributed by atoms with van der Waals surface area (Å²) in [5, 5.41) is 9.86. The van der Waals surface area contributed by atoms with E-state index in [0.717, 1.165) is 41.0 Å². The van der Waals surface area contributed by atoms with Gasteiger partial charge in [-0.05, 0) is 79.4 Å². The summed E-state index contributed by atoms with van der Waals surface area (Å²) in [6.07, 6.45) is 1.29. The summed E-state index contributed by atoms with van der Waals surface area (Å²) >= 11 is 0. The molecule has 0 spiro atoms. The van der Waals surface area contributed by atoms with E-state index in [1.807, 2.05) is 85.8 Å². The fourth-order valence-electron chi connectivity index (χ4n) is 4.94. The standard InChI is InChI=1S/C36H32N2O6/c1-24-30(38-35(42-24)27-11-6-3-7-12-27)13-8-14-34-37-31-21-26(15-20-32(31)44-34)22-33(36(39)40)43-29-18-16-28(17-19-29)41-23-25-9-4-2-5-10-25/h2-7,9-12,15-21,33H,8,13-14,22-23H2,1H3,(H,39,40)/t33-/m1/s1. The first-order valence-electron chi connectivity index (χ1n) is 14.6. The maximum atomic E-state index is 12.0. The fourth-order valence-corrected chi connectivity index (χ4v) is 4.94. The molecule has 8 heteroatoms. The Bertz CT molecular complexity index is 1830. The molecule has 0 aliphatic heterocycles. The predicted octanol–water partition coefficient (Wildman–Crippen LogP) is 7.62. The van der Waals surface area contributed by atoms with E-state index < -0.39 is 12.1 Å². The number of rotatable bonds is 13. The van der Waals surface area contributed by atoms with E-state index in [4.69, 9.17) is 18.3 Å². The second kappa shape index (κ2) is 13.3. The van der Waals surface area contributed by atoms with Gasteiger partial charge >= 0.3 is 5.97 Å². The summed E-state index contributed by atoms with van der Waals surface area (Å²) in [4.78, 5) is 21.4. The number of carbonyl (C=O) groups is 1. The van der Waals surface area contributed by atoms with Crippen molar-refractivity contribution in [3.8, 4) is 23.0 Å². The molecule has 0 aliphatic rings. The van der Waals surface area contributed by atoms with Crippen LogP contribution in [0.25, 0.3) is 22.6 Å². The number of carboxylic acid groups (broad SMARTS) is 1. The van der Waals surface area contributed by atoms with Crippen LogP contribution < -0.4 is 9.47 Å². The molecule has 2 aromatic heterocycles. The Morgan fingerprint density at radius 3 is 2.30 bits per heavy atom. The molecule has 0 unspecified atom stereocenters. The normalized spacial score (nSPS) is 11.8. The third-order valence-electron chi connectivity index (χ3n) is 7.26. The van der Waals surface area contributed by atoms with Crippen molar-refractivity contribution in [2.75, 3.05) is 0 Å². The highest BCUT2D eigenvalue weighted by atomic mass is 16.5. The number of carboxylic acids is 1. The van der Waals surface area contributed by atoms with Gasteiger partial charge < -0.3 is 23.4 Å². The number of nitrogens with zero attached hydrogens (tertiary/aromatic N) is 2. The van der Waals surface area contributed by atoms with Crippen molar-refractivity contribution in [1.29, 1.82) is 0 Å². The van der Waals surface area contributed by atoms with E-state index in [2.05, 4.69) is 9.97 Å². The second-order valence-corrected chi connectivity index (χ2v) is 10.5. The van der Waals surface area contributed by atoms with Gasteiger partial charge in [0.2, 0.25) is 5.89 Å². The smallest absolute Gasteiger partial charge is 0.345 e. The molecule has 0 aliphatic carbocycles. The largest absolute Gasteiger partial charge is 0.489 e. The number of hydrogen-bond acceptors (Lipinski definition) is 7. The Labute approximate surface area is 254 Å². The van der Waals surface area contributed by atoms with Crippen molar-refractivity contribution in [2.45, 2.75) is 45.3 Å². The second-order valence-electron chi connectivity index (χ2n) is 10.5. The van der Waals surface area contributed by atoms with E-state index in [0.29, 0.717) is 47.4 Å².